The molecule has 0 aromatic heterocycles. The van der Waals surface area contributed by atoms with Crippen molar-refractivity contribution in [1.29, 1.82) is 0 Å². The van der Waals surface area contributed by atoms with E-state index in [1.54, 1.807) is 13.1 Å². The molecule has 0 spiro atoms. The van der Waals surface area contributed by atoms with Crippen molar-refractivity contribution >= 4 is 12.2 Å². The highest BCUT2D eigenvalue weighted by molar-refractivity contribution is 6.07. The molecule has 0 heterocycles. The van der Waals surface area contributed by atoms with Crippen molar-refractivity contribution in [3.05, 3.63) is 23.7 Å². The monoisotopic (exact) mass is 224 g/mol. The van der Waals surface area contributed by atoms with E-state index in [1.165, 1.54) is 6.08 Å². The van der Waals surface area contributed by atoms with Gasteiger partial charge >= 0.3 is 0 Å². The zero-order valence-corrected chi connectivity index (χ0v) is 8.90. The predicted molar refractivity (Wildman–Crippen MR) is 60.8 cm³/mol. The van der Waals surface area contributed by atoms with Crippen LogP contribution in [0, 0.1) is 12.3 Å². The van der Waals surface area contributed by atoms with Gasteiger partial charge in [0.2, 0.25) is 0 Å². The van der Waals surface area contributed by atoms with Gasteiger partial charge in [0.15, 0.2) is 0 Å². The third-order valence-corrected chi connectivity index (χ3v) is 1.72. The van der Waals surface area contributed by atoms with Crippen LogP contribution >= 0.6 is 0 Å². The number of carboxylic acid groups (broad SMARTS) is 1. The van der Waals surface area contributed by atoms with Crippen LogP contribution < -0.4 is 5.32 Å². The molecule has 16 heavy (non-hydrogen) atoms. The number of nitrogens with zero attached hydrogens (tertiary/aromatic N) is 1. The van der Waals surface area contributed by atoms with Crippen molar-refractivity contribution in [2.45, 2.75) is 6.42 Å². The van der Waals surface area contributed by atoms with E-state index in [9.17, 15) is 4.39 Å². The van der Waals surface area contributed by atoms with E-state index < -0.39 is 0 Å². The van der Waals surface area contributed by atoms with E-state index in [-0.39, 0.29) is 12.3 Å². The number of terminal acetylenes is 1. The summed E-state index contributed by atoms with van der Waals surface area (Å²) in [4.78, 5) is 12.2. The second kappa shape index (κ2) is 8.24. The number of carbonyl (C=O) groups is 1. The Labute approximate surface area is 93.6 Å². The summed E-state index contributed by atoms with van der Waals surface area (Å²) in [5, 5.41) is 9.88. The summed E-state index contributed by atoms with van der Waals surface area (Å²) in [5.41, 5.74) is 1.27. The molecule has 86 valence electrons. The Hall–Kier alpha value is -2.09. The molecule has 0 unspecified atom stereocenters. The van der Waals surface area contributed by atoms with Gasteiger partial charge in [-0.05, 0) is 12.2 Å². The lowest BCUT2D eigenvalue weighted by molar-refractivity contribution is -0.122. The third-order valence-electron chi connectivity index (χ3n) is 1.72. The minimum Gasteiger partial charge on any atom is -0.483 e. The maximum Gasteiger partial charge on any atom is 0.290 e. The summed E-state index contributed by atoms with van der Waals surface area (Å²) >= 11 is 0. The molecular formula is C11H13FN2O2. The molecule has 0 bridgehead atoms. The average Bonchev–Trinajstić information content (AvgIpc) is 2.29. The zero-order chi connectivity index (χ0) is 12.4. The Morgan fingerprint density at radius 3 is 2.94 bits per heavy atom. The number of hydrogen-bond acceptors (Lipinski definition) is 3. The fourth-order valence-corrected chi connectivity index (χ4v) is 1.06. The van der Waals surface area contributed by atoms with Gasteiger partial charge in [0.25, 0.3) is 6.47 Å². The smallest absolute Gasteiger partial charge is 0.290 e. The lowest BCUT2D eigenvalue weighted by Gasteiger charge is -2.11. The number of allylic oxidation sites excluding steroid dienone is 3. The van der Waals surface area contributed by atoms with Crippen molar-refractivity contribution in [3.8, 4) is 12.3 Å². The third kappa shape index (κ3) is 4.96. The SMILES string of the molecule is C#CCNC1=CC(=NC)C(F)=CC1.O=CO. The molecule has 0 amide bonds. The second-order valence-electron chi connectivity index (χ2n) is 2.70. The highest BCUT2D eigenvalue weighted by Gasteiger charge is 2.09. The molecule has 4 nitrogen and oxygen atoms in total. The summed E-state index contributed by atoms with van der Waals surface area (Å²) in [6, 6.07) is 0. The summed E-state index contributed by atoms with van der Waals surface area (Å²) in [5.74, 6) is 2.18. The van der Waals surface area contributed by atoms with Gasteiger partial charge in [-0.2, -0.15) is 0 Å². The van der Waals surface area contributed by atoms with E-state index in [0.717, 1.165) is 5.70 Å². The van der Waals surface area contributed by atoms with Crippen molar-refractivity contribution in [1.82, 2.24) is 5.32 Å². The first kappa shape index (κ1) is 13.9. The van der Waals surface area contributed by atoms with Crippen molar-refractivity contribution in [2.75, 3.05) is 13.6 Å². The van der Waals surface area contributed by atoms with Gasteiger partial charge in [-0.15, -0.1) is 6.42 Å². The number of nitrogens with one attached hydrogen (secondary N) is 1. The minimum atomic E-state index is -0.270. The fraction of sp³-hybridized carbons (Fsp3) is 0.273. The molecule has 0 saturated carbocycles. The van der Waals surface area contributed by atoms with Gasteiger partial charge in [0.05, 0.1) is 12.3 Å². The molecular weight excluding hydrogens is 211 g/mol. The normalized spacial score (nSPS) is 16.2. The van der Waals surface area contributed by atoms with Crippen LogP contribution in [0.5, 0.6) is 0 Å². The van der Waals surface area contributed by atoms with Gasteiger partial charge in [-0.25, -0.2) is 4.39 Å². The van der Waals surface area contributed by atoms with Crippen molar-refractivity contribution in [3.63, 3.8) is 0 Å². The Morgan fingerprint density at radius 2 is 2.44 bits per heavy atom. The highest BCUT2D eigenvalue weighted by atomic mass is 19.1. The maximum absolute atomic E-state index is 13.0. The fourth-order valence-electron chi connectivity index (χ4n) is 1.06. The molecule has 1 aliphatic rings. The first-order valence-corrected chi connectivity index (χ1v) is 4.48. The molecule has 0 fully saturated rings. The van der Waals surface area contributed by atoms with E-state index >= 15 is 0 Å². The van der Waals surface area contributed by atoms with Gasteiger partial charge in [-0.1, -0.05) is 5.92 Å². The Bertz CT molecular complexity index is 365. The van der Waals surface area contributed by atoms with Crippen LogP contribution in [0.3, 0.4) is 0 Å². The Morgan fingerprint density at radius 1 is 1.81 bits per heavy atom. The predicted octanol–water partition coefficient (Wildman–Crippen LogP) is 1.12. The minimum absolute atomic E-state index is 0.250. The first-order valence-electron chi connectivity index (χ1n) is 4.48. The number of rotatable bonds is 2. The van der Waals surface area contributed by atoms with Gasteiger partial charge in [-0.3, -0.25) is 9.79 Å². The summed E-state index contributed by atoms with van der Waals surface area (Å²) in [7, 11) is 1.56. The van der Waals surface area contributed by atoms with Crippen LogP contribution in [0.2, 0.25) is 0 Å². The first-order chi connectivity index (χ1) is 7.69. The van der Waals surface area contributed by atoms with Crippen LogP contribution in [0.4, 0.5) is 4.39 Å². The van der Waals surface area contributed by atoms with E-state index in [1.807, 2.05) is 0 Å². The van der Waals surface area contributed by atoms with Gasteiger partial charge in [0, 0.05) is 19.2 Å². The standard InChI is InChI=1S/C10H11FN2.CH2O2/c1-3-6-13-8-4-5-9(11)10(7-8)12-2;2-1-3/h1,5,7,13H,4,6H2,2H3;1H,(H,2,3). The highest BCUT2D eigenvalue weighted by Crippen LogP contribution is 2.14. The largest absolute Gasteiger partial charge is 0.483 e. The second-order valence-corrected chi connectivity index (χ2v) is 2.70. The maximum atomic E-state index is 13.0. The summed E-state index contributed by atoms with van der Waals surface area (Å²) < 4.78 is 13.0. The summed E-state index contributed by atoms with van der Waals surface area (Å²) in [6.45, 7) is 0.207. The topological polar surface area (TPSA) is 61.7 Å². The van der Waals surface area contributed by atoms with Crippen molar-refractivity contribution in [2.24, 2.45) is 4.99 Å². The van der Waals surface area contributed by atoms with E-state index in [0.29, 0.717) is 18.7 Å². The average molecular weight is 224 g/mol. The van der Waals surface area contributed by atoms with Gasteiger partial charge < -0.3 is 10.4 Å². The van der Waals surface area contributed by atoms with Crippen LogP contribution in [-0.4, -0.2) is 30.9 Å². The zero-order valence-electron chi connectivity index (χ0n) is 8.90. The lowest BCUT2D eigenvalue weighted by Crippen LogP contribution is -2.17. The molecule has 0 atom stereocenters. The van der Waals surface area contributed by atoms with Gasteiger partial charge in [0.1, 0.15) is 5.83 Å². The molecule has 1 aliphatic carbocycles. The molecule has 0 aromatic carbocycles. The molecule has 0 radical (unpaired) electrons. The number of aliphatic imine (C=N–C) groups is 1. The molecule has 2 N–H and O–H groups in total. The Kier molecular flexibility index (Phi) is 7.16. The van der Waals surface area contributed by atoms with E-state index in [4.69, 9.17) is 16.3 Å². The summed E-state index contributed by atoms with van der Waals surface area (Å²) in [6.07, 6.45) is 8.79. The molecule has 1 rings (SSSR count). The van der Waals surface area contributed by atoms with Crippen LogP contribution in [-0.2, 0) is 4.79 Å². The molecule has 0 aliphatic heterocycles. The Balaban J connectivity index is 0.000000673. The lowest BCUT2D eigenvalue weighted by atomic mass is 10.1. The van der Waals surface area contributed by atoms with Crippen LogP contribution in [0.15, 0.2) is 28.7 Å². The number of hydrogen-bond donors (Lipinski definition) is 2. The van der Waals surface area contributed by atoms with Crippen LogP contribution in [0.25, 0.3) is 0 Å². The number of halogens is 1. The van der Waals surface area contributed by atoms with Crippen molar-refractivity contribution < 1.29 is 14.3 Å². The molecule has 5 heteroatoms. The molecule has 0 aromatic rings. The van der Waals surface area contributed by atoms with Crippen LogP contribution in [0.1, 0.15) is 6.42 Å². The molecule has 0 saturated heterocycles. The quantitative estimate of drug-likeness (QED) is 0.546. The van der Waals surface area contributed by atoms with E-state index in [2.05, 4.69) is 16.2 Å².